The average Bonchev–Trinajstić information content (AvgIpc) is 2.70. The van der Waals surface area contributed by atoms with Gasteiger partial charge in [-0.1, -0.05) is 19.8 Å². The van der Waals surface area contributed by atoms with Gasteiger partial charge in [0.1, 0.15) is 0 Å². The SMILES string of the molecule is CCCC1CCN(S(=O)(=O)c2c(N)ncn2C)CC1. The molecule has 0 radical (unpaired) electrons. The summed E-state index contributed by atoms with van der Waals surface area (Å²) < 4.78 is 28.1. The highest BCUT2D eigenvalue weighted by Crippen LogP contribution is 2.27. The van der Waals surface area contributed by atoms with Crippen LogP contribution < -0.4 is 5.73 Å². The van der Waals surface area contributed by atoms with Gasteiger partial charge in [0, 0.05) is 20.1 Å². The molecule has 1 aromatic rings. The van der Waals surface area contributed by atoms with E-state index in [9.17, 15) is 8.42 Å². The molecule has 1 aliphatic rings. The topological polar surface area (TPSA) is 81.2 Å². The average molecular weight is 286 g/mol. The molecule has 1 aliphatic heterocycles. The van der Waals surface area contributed by atoms with Crippen LogP contribution in [0.25, 0.3) is 0 Å². The van der Waals surface area contributed by atoms with Crippen molar-refractivity contribution in [2.45, 2.75) is 37.6 Å². The lowest BCUT2D eigenvalue weighted by Crippen LogP contribution is -2.39. The van der Waals surface area contributed by atoms with Crippen LogP contribution in [0.4, 0.5) is 5.82 Å². The molecule has 0 aliphatic carbocycles. The normalized spacial score (nSPS) is 18.8. The minimum atomic E-state index is -3.51. The fourth-order valence-corrected chi connectivity index (χ4v) is 4.38. The van der Waals surface area contributed by atoms with Gasteiger partial charge in [0.05, 0.1) is 6.33 Å². The second kappa shape index (κ2) is 5.50. The van der Waals surface area contributed by atoms with Crippen LogP contribution in [-0.4, -0.2) is 35.4 Å². The van der Waals surface area contributed by atoms with Gasteiger partial charge >= 0.3 is 0 Å². The van der Waals surface area contributed by atoms with E-state index in [1.807, 2.05) is 0 Å². The highest BCUT2D eigenvalue weighted by molar-refractivity contribution is 7.89. The van der Waals surface area contributed by atoms with Gasteiger partial charge in [-0.15, -0.1) is 0 Å². The van der Waals surface area contributed by atoms with Crippen LogP contribution in [0.2, 0.25) is 0 Å². The third kappa shape index (κ3) is 2.76. The summed E-state index contributed by atoms with van der Waals surface area (Å²) in [6.07, 6.45) is 5.65. The van der Waals surface area contributed by atoms with Crippen LogP contribution in [0.15, 0.2) is 11.4 Å². The number of nitrogen functional groups attached to an aromatic ring is 1. The molecule has 0 spiro atoms. The molecule has 2 rings (SSSR count). The second-order valence-corrected chi connectivity index (χ2v) is 7.04. The van der Waals surface area contributed by atoms with E-state index in [1.54, 1.807) is 7.05 Å². The van der Waals surface area contributed by atoms with E-state index in [2.05, 4.69) is 11.9 Å². The number of aromatic nitrogens is 2. The summed E-state index contributed by atoms with van der Waals surface area (Å²) in [4.78, 5) is 3.86. The van der Waals surface area contributed by atoms with Crippen LogP contribution in [0.1, 0.15) is 32.6 Å². The molecule has 0 amide bonds. The zero-order valence-electron chi connectivity index (χ0n) is 11.5. The van der Waals surface area contributed by atoms with Crippen molar-refractivity contribution in [3.8, 4) is 0 Å². The maximum atomic E-state index is 12.5. The molecule has 1 aromatic heterocycles. The standard InChI is InChI=1S/C12H22N4O2S/c1-3-4-10-5-7-16(8-6-10)19(17,18)12-11(13)14-9-15(12)2/h9-10H,3-8,13H2,1-2H3. The Morgan fingerprint density at radius 2 is 2.05 bits per heavy atom. The lowest BCUT2D eigenvalue weighted by atomic mass is 9.94. The maximum absolute atomic E-state index is 12.5. The Morgan fingerprint density at radius 1 is 1.42 bits per heavy atom. The van der Waals surface area contributed by atoms with Crippen LogP contribution in [0, 0.1) is 5.92 Å². The first-order valence-electron chi connectivity index (χ1n) is 6.73. The van der Waals surface area contributed by atoms with E-state index < -0.39 is 10.0 Å². The molecule has 0 unspecified atom stereocenters. The molecule has 0 atom stereocenters. The summed E-state index contributed by atoms with van der Waals surface area (Å²) in [6, 6.07) is 0. The minimum Gasteiger partial charge on any atom is -0.381 e. The molecule has 6 nitrogen and oxygen atoms in total. The number of imidazole rings is 1. The van der Waals surface area contributed by atoms with Gasteiger partial charge in [-0.2, -0.15) is 4.31 Å². The van der Waals surface area contributed by atoms with Crippen LogP contribution >= 0.6 is 0 Å². The molecule has 2 heterocycles. The molecule has 2 N–H and O–H groups in total. The molecule has 7 heteroatoms. The van der Waals surface area contributed by atoms with Crippen molar-refractivity contribution in [1.82, 2.24) is 13.9 Å². The summed E-state index contributed by atoms with van der Waals surface area (Å²) in [7, 11) is -1.86. The van der Waals surface area contributed by atoms with E-state index in [0.29, 0.717) is 19.0 Å². The monoisotopic (exact) mass is 286 g/mol. The largest absolute Gasteiger partial charge is 0.381 e. The first-order chi connectivity index (χ1) is 8.96. The third-order valence-electron chi connectivity index (χ3n) is 3.76. The summed E-state index contributed by atoms with van der Waals surface area (Å²) in [5, 5.41) is 0.112. The van der Waals surface area contributed by atoms with Crippen molar-refractivity contribution in [2.24, 2.45) is 13.0 Å². The zero-order valence-corrected chi connectivity index (χ0v) is 12.4. The van der Waals surface area contributed by atoms with Crippen molar-refractivity contribution in [2.75, 3.05) is 18.8 Å². The van der Waals surface area contributed by atoms with Gasteiger partial charge in [0.25, 0.3) is 10.0 Å². The van der Waals surface area contributed by atoms with Crippen LogP contribution in [0.5, 0.6) is 0 Å². The van der Waals surface area contributed by atoms with Crippen molar-refractivity contribution in [3.63, 3.8) is 0 Å². The van der Waals surface area contributed by atoms with Crippen molar-refractivity contribution >= 4 is 15.8 Å². The number of sulfonamides is 1. The Hall–Kier alpha value is -1.08. The van der Waals surface area contributed by atoms with E-state index in [1.165, 1.54) is 21.6 Å². The number of rotatable bonds is 4. The van der Waals surface area contributed by atoms with Gasteiger partial charge < -0.3 is 10.3 Å². The number of nitrogens with two attached hydrogens (primary N) is 1. The molecule has 1 saturated heterocycles. The van der Waals surface area contributed by atoms with Crippen molar-refractivity contribution in [3.05, 3.63) is 6.33 Å². The Kier molecular flexibility index (Phi) is 4.15. The predicted molar refractivity (Wildman–Crippen MR) is 74.0 cm³/mol. The van der Waals surface area contributed by atoms with Gasteiger partial charge in [-0.3, -0.25) is 0 Å². The van der Waals surface area contributed by atoms with Crippen molar-refractivity contribution in [1.29, 1.82) is 0 Å². The smallest absolute Gasteiger partial charge is 0.262 e. The zero-order chi connectivity index (χ0) is 14.0. The number of hydrogen-bond acceptors (Lipinski definition) is 4. The molecule has 108 valence electrons. The number of hydrogen-bond donors (Lipinski definition) is 1. The van der Waals surface area contributed by atoms with Gasteiger partial charge in [-0.25, -0.2) is 13.4 Å². The Labute approximate surface area is 114 Å². The lowest BCUT2D eigenvalue weighted by molar-refractivity contribution is 0.261. The molecule has 1 fully saturated rings. The summed E-state index contributed by atoms with van der Waals surface area (Å²) in [5.74, 6) is 0.735. The summed E-state index contributed by atoms with van der Waals surface area (Å²) in [5.41, 5.74) is 5.67. The third-order valence-corrected chi connectivity index (χ3v) is 5.79. The highest BCUT2D eigenvalue weighted by atomic mass is 32.2. The molecule has 0 bridgehead atoms. The minimum absolute atomic E-state index is 0.0816. The van der Waals surface area contributed by atoms with Gasteiger partial charge in [-0.05, 0) is 18.8 Å². The first kappa shape index (κ1) is 14.3. The molecule has 0 saturated carbocycles. The van der Waals surface area contributed by atoms with E-state index in [0.717, 1.165) is 19.3 Å². The fourth-order valence-electron chi connectivity index (χ4n) is 2.72. The molecular weight excluding hydrogens is 264 g/mol. The fraction of sp³-hybridized carbons (Fsp3) is 0.750. The van der Waals surface area contributed by atoms with Gasteiger partial charge in [0.15, 0.2) is 10.8 Å². The molecular formula is C12H22N4O2S. The first-order valence-corrected chi connectivity index (χ1v) is 8.17. The lowest BCUT2D eigenvalue weighted by Gasteiger charge is -2.31. The van der Waals surface area contributed by atoms with E-state index in [-0.39, 0.29) is 10.8 Å². The number of piperidine rings is 1. The van der Waals surface area contributed by atoms with E-state index >= 15 is 0 Å². The molecule has 19 heavy (non-hydrogen) atoms. The Morgan fingerprint density at radius 3 is 2.53 bits per heavy atom. The van der Waals surface area contributed by atoms with Gasteiger partial charge in [0.2, 0.25) is 0 Å². The highest BCUT2D eigenvalue weighted by Gasteiger charge is 2.32. The maximum Gasteiger partial charge on any atom is 0.262 e. The Balaban J connectivity index is 2.15. The van der Waals surface area contributed by atoms with Crippen LogP contribution in [0.3, 0.4) is 0 Å². The number of nitrogens with zero attached hydrogens (tertiary/aromatic N) is 3. The van der Waals surface area contributed by atoms with Crippen molar-refractivity contribution < 1.29 is 8.42 Å². The number of anilines is 1. The van der Waals surface area contributed by atoms with Crippen LogP contribution in [-0.2, 0) is 17.1 Å². The second-order valence-electron chi connectivity index (χ2n) is 5.18. The Bertz CT molecular complexity index is 510. The summed E-state index contributed by atoms with van der Waals surface area (Å²) >= 11 is 0. The van der Waals surface area contributed by atoms with E-state index in [4.69, 9.17) is 5.73 Å². The predicted octanol–water partition coefficient (Wildman–Crippen LogP) is 1.20. The molecule has 0 aromatic carbocycles. The number of aryl methyl sites for hydroxylation is 1. The summed E-state index contributed by atoms with van der Waals surface area (Å²) in [6.45, 7) is 3.33. The quantitative estimate of drug-likeness (QED) is 0.902.